The van der Waals surface area contributed by atoms with Crippen molar-refractivity contribution in [3.05, 3.63) is 0 Å². The number of rotatable bonds is 19. The number of hydrogen-bond acceptors (Lipinski definition) is 0. The minimum atomic E-state index is -0.804. The van der Waals surface area contributed by atoms with Crippen LogP contribution in [0.2, 0.25) is 12.1 Å². The van der Waals surface area contributed by atoms with Crippen LogP contribution in [0.1, 0.15) is 123 Å². The van der Waals surface area contributed by atoms with Crippen molar-refractivity contribution in [2.24, 2.45) is 0 Å². The maximum absolute atomic E-state index is 6.28. The highest BCUT2D eigenvalue weighted by Gasteiger charge is 2.02. The largest absolute Gasteiger partial charge is 0.172 e. The summed E-state index contributed by atoms with van der Waals surface area (Å²) in [4.78, 5) is 0. The van der Waals surface area contributed by atoms with Crippen LogP contribution in [0.15, 0.2) is 0 Å². The lowest BCUT2D eigenvalue weighted by Crippen LogP contribution is -1.99. The second-order valence-corrected chi connectivity index (χ2v) is 11.9. The fourth-order valence-electron chi connectivity index (χ4n) is 3.29. The van der Waals surface area contributed by atoms with Crippen molar-refractivity contribution >= 4 is 19.2 Å². The molecule has 1 unspecified atom stereocenters. The Morgan fingerprint density at radius 3 is 1.09 bits per heavy atom. The van der Waals surface area contributed by atoms with Crippen molar-refractivity contribution < 1.29 is 0 Å². The molecule has 0 radical (unpaired) electrons. The van der Waals surface area contributed by atoms with Crippen molar-refractivity contribution in [2.75, 3.05) is 0 Å². The van der Waals surface area contributed by atoms with E-state index in [9.17, 15) is 0 Å². The lowest BCUT2D eigenvalue weighted by molar-refractivity contribution is 0.529. The van der Waals surface area contributed by atoms with Gasteiger partial charge in [0, 0.05) is 0 Å². The van der Waals surface area contributed by atoms with Gasteiger partial charge >= 0.3 is 0 Å². The average Bonchev–Trinajstić information content (AvgIpc) is 2.57. The Balaban J connectivity index is 2.97. The molecular weight excluding hydrogens is 316 g/mol. The first-order chi connectivity index (χ1) is 11.3. The smallest absolute Gasteiger partial charge is 0.140 e. The third-order valence-electron chi connectivity index (χ3n) is 5.06. The summed E-state index contributed by atoms with van der Waals surface area (Å²) in [5.74, 6) is 0. The summed E-state index contributed by atoms with van der Waals surface area (Å²) in [6, 6.07) is 2.62. The van der Waals surface area contributed by atoms with E-state index in [0.717, 1.165) is 0 Å². The fraction of sp³-hybridized carbons (Fsp3) is 1.00. The Morgan fingerprint density at radius 2 is 0.783 bits per heavy atom. The van der Waals surface area contributed by atoms with Crippen molar-refractivity contribution in [3.8, 4) is 0 Å². The van der Waals surface area contributed by atoms with Crippen LogP contribution in [0, 0.1) is 0 Å². The van der Waals surface area contributed by atoms with Crippen molar-refractivity contribution in [1.82, 2.24) is 0 Å². The summed E-state index contributed by atoms with van der Waals surface area (Å²) in [6.07, 6.45) is 24.8. The molecule has 0 aliphatic carbocycles. The predicted octanol–water partition coefficient (Wildman–Crippen LogP) is 8.62. The Bertz CT molecular complexity index is 208. The molecule has 2 heteroatoms. The van der Waals surface area contributed by atoms with Crippen LogP contribution in [0.4, 0.5) is 0 Å². The molecule has 0 bridgehead atoms. The van der Waals surface area contributed by atoms with Crippen molar-refractivity contribution in [3.63, 3.8) is 0 Å². The first-order valence-corrected chi connectivity index (χ1v) is 14.3. The standard InChI is InChI=1S/C21H45ClSi/c1-3-5-6-7-8-9-10-11-12-13-14-15-16-17-18-19-20-21-23(22)4-2/h23H,3-21H2,1-2H3. The highest BCUT2D eigenvalue weighted by atomic mass is 35.6. The Labute approximate surface area is 154 Å². The molecule has 0 nitrogen and oxygen atoms in total. The van der Waals surface area contributed by atoms with Gasteiger partial charge in [0.2, 0.25) is 0 Å². The third-order valence-corrected chi connectivity index (χ3v) is 8.57. The van der Waals surface area contributed by atoms with E-state index in [-0.39, 0.29) is 0 Å². The Hall–Kier alpha value is 0.507. The van der Waals surface area contributed by atoms with Crippen LogP contribution < -0.4 is 0 Å². The van der Waals surface area contributed by atoms with Gasteiger partial charge < -0.3 is 0 Å². The molecule has 0 aromatic carbocycles. The average molecular weight is 361 g/mol. The van der Waals surface area contributed by atoms with Gasteiger partial charge in [-0.05, 0) is 12.1 Å². The van der Waals surface area contributed by atoms with Gasteiger partial charge in [0.25, 0.3) is 0 Å². The quantitative estimate of drug-likeness (QED) is 0.123. The Morgan fingerprint density at radius 1 is 0.478 bits per heavy atom. The zero-order valence-corrected chi connectivity index (χ0v) is 18.3. The van der Waals surface area contributed by atoms with Gasteiger partial charge in [0.05, 0.1) is 0 Å². The second kappa shape index (κ2) is 20.6. The van der Waals surface area contributed by atoms with Gasteiger partial charge in [-0.1, -0.05) is 123 Å². The van der Waals surface area contributed by atoms with E-state index >= 15 is 0 Å². The monoisotopic (exact) mass is 360 g/mol. The molecule has 0 heterocycles. The normalized spacial score (nSPS) is 12.7. The van der Waals surface area contributed by atoms with E-state index in [2.05, 4.69) is 13.8 Å². The molecule has 0 rings (SSSR count). The summed E-state index contributed by atoms with van der Waals surface area (Å²) in [6.45, 7) is 4.54. The van der Waals surface area contributed by atoms with E-state index in [0.29, 0.717) is 0 Å². The summed E-state index contributed by atoms with van der Waals surface area (Å²) in [7, 11) is -0.804. The van der Waals surface area contributed by atoms with Gasteiger partial charge in [-0.3, -0.25) is 0 Å². The van der Waals surface area contributed by atoms with Gasteiger partial charge in [-0.2, -0.15) is 11.1 Å². The van der Waals surface area contributed by atoms with Gasteiger partial charge in [-0.25, -0.2) is 0 Å². The van der Waals surface area contributed by atoms with Crippen molar-refractivity contribution in [1.29, 1.82) is 0 Å². The number of halogens is 1. The maximum atomic E-state index is 6.28. The molecule has 0 aliphatic rings. The molecule has 140 valence electrons. The highest BCUT2D eigenvalue weighted by Crippen LogP contribution is 2.15. The van der Waals surface area contributed by atoms with Crippen LogP contribution in [-0.2, 0) is 0 Å². The van der Waals surface area contributed by atoms with Crippen LogP contribution in [0.5, 0.6) is 0 Å². The molecule has 0 saturated heterocycles. The van der Waals surface area contributed by atoms with Crippen LogP contribution in [-0.4, -0.2) is 8.11 Å². The lowest BCUT2D eigenvalue weighted by Gasteiger charge is -2.05. The Kier molecular flexibility index (Phi) is 21.0. The van der Waals surface area contributed by atoms with E-state index in [1.807, 2.05) is 0 Å². The molecule has 0 fully saturated rings. The van der Waals surface area contributed by atoms with Gasteiger partial charge in [0.15, 0.2) is 0 Å². The van der Waals surface area contributed by atoms with Crippen LogP contribution in [0.25, 0.3) is 0 Å². The van der Waals surface area contributed by atoms with E-state index in [1.54, 1.807) is 0 Å². The minimum Gasteiger partial charge on any atom is -0.172 e. The molecule has 0 aromatic heterocycles. The summed E-state index contributed by atoms with van der Waals surface area (Å²) < 4.78 is 0. The summed E-state index contributed by atoms with van der Waals surface area (Å²) in [5, 5.41) is 0. The molecule has 0 N–H and O–H groups in total. The zero-order chi connectivity index (χ0) is 17.0. The van der Waals surface area contributed by atoms with Gasteiger partial charge in [-0.15, -0.1) is 0 Å². The molecular formula is C21H45ClSi. The minimum absolute atomic E-state index is 0.804. The van der Waals surface area contributed by atoms with E-state index in [4.69, 9.17) is 11.1 Å². The molecule has 23 heavy (non-hydrogen) atoms. The molecule has 1 atom stereocenters. The zero-order valence-electron chi connectivity index (χ0n) is 16.4. The first kappa shape index (κ1) is 23.5. The summed E-state index contributed by atoms with van der Waals surface area (Å²) in [5.41, 5.74) is 0. The van der Waals surface area contributed by atoms with Gasteiger partial charge in [0.1, 0.15) is 8.11 Å². The van der Waals surface area contributed by atoms with Crippen molar-refractivity contribution in [2.45, 2.75) is 135 Å². The predicted molar refractivity (Wildman–Crippen MR) is 112 cm³/mol. The molecule has 0 amide bonds. The van der Waals surface area contributed by atoms with E-state index in [1.165, 1.54) is 121 Å². The fourth-order valence-corrected chi connectivity index (χ4v) is 4.90. The van der Waals surface area contributed by atoms with Crippen LogP contribution >= 0.6 is 11.1 Å². The highest BCUT2D eigenvalue weighted by molar-refractivity contribution is 7.06. The topological polar surface area (TPSA) is 0 Å². The third kappa shape index (κ3) is 20.5. The molecule has 0 aliphatic heterocycles. The first-order valence-electron chi connectivity index (χ1n) is 10.9. The number of unbranched alkanes of at least 4 members (excludes halogenated alkanes) is 16. The molecule has 0 aromatic rings. The molecule has 0 spiro atoms. The van der Waals surface area contributed by atoms with Crippen LogP contribution in [0.3, 0.4) is 0 Å². The lowest BCUT2D eigenvalue weighted by atomic mass is 10.0. The maximum Gasteiger partial charge on any atom is 0.140 e. The molecule has 0 saturated carbocycles. The summed E-state index contributed by atoms with van der Waals surface area (Å²) >= 11 is 6.28. The second-order valence-electron chi connectivity index (χ2n) is 7.45. The van der Waals surface area contributed by atoms with E-state index < -0.39 is 8.11 Å². The number of hydrogen-bond donors (Lipinski definition) is 0. The SMILES string of the molecule is CCCCCCCCCCCCCCCCCCC[SiH](Cl)CC.